The van der Waals surface area contributed by atoms with Crippen molar-refractivity contribution >= 4 is 15.9 Å². The standard InChI is InChI=1S/C17H20BrN/c1-3-17(15-7-5-4-6-8-15)19-13(2)14-9-11-16(18)12-10-14/h4-13,17,19H,3H2,1-2H3/t13-,17?/m0/s1. The van der Waals surface area contributed by atoms with Gasteiger partial charge in [0.1, 0.15) is 0 Å². The van der Waals surface area contributed by atoms with Crippen LogP contribution in [0.3, 0.4) is 0 Å². The summed E-state index contributed by atoms with van der Waals surface area (Å²) in [6, 6.07) is 19.9. The predicted molar refractivity (Wildman–Crippen MR) is 85.2 cm³/mol. The Kier molecular flexibility index (Phi) is 5.17. The molecule has 0 bridgehead atoms. The molecule has 0 aliphatic carbocycles. The van der Waals surface area contributed by atoms with Gasteiger partial charge < -0.3 is 5.32 Å². The number of hydrogen-bond donors (Lipinski definition) is 1. The van der Waals surface area contributed by atoms with E-state index in [4.69, 9.17) is 0 Å². The van der Waals surface area contributed by atoms with E-state index in [1.165, 1.54) is 11.1 Å². The van der Waals surface area contributed by atoms with Crippen LogP contribution in [0.5, 0.6) is 0 Å². The van der Waals surface area contributed by atoms with E-state index in [-0.39, 0.29) is 0 Å². The summed E-state index contributed by atoms with van der Waals surface area (Å²) >= 11 is 3.48. The summed E-state index contributed by atoms with van der Waals surface area (Å²) in [5.74, 6) is 0. The molecular formula is C17H20BrN. The summed E-state index contributed by atoms with van der Waals surface area (Å²) in [5, 5.41) is 3.70. The van der Waals surface area contributed by atoms with Crippen molar-refractivity contribution in [1.29, 1.82) is 0 Å². The maximum Gasteiger partial charge on any atom is 0.0323 e. The molecule has 1 unspecified atom stereocenters. The number of nitrogens with one attached hydrogen (secondary N) is 1. The Balaban J connectivity index is 2.08. The zero-order valence-electron chi connectivity index (χ0n) is 11.4. The van der Waals surface area contributed by atoms with E-state index in [0.717, 1.165) is 10.9 Å². The second kappa shape index (κ2) is 6.88. The summed E-state index contributed by atoms with van der Waals surface area (Å²) < 4.78 is 1.12. The summed E-state index contributed by atoms with van der Waals surface area (Å²) in [5.41, 5.74) is 2.67. The minimum atomic E-state index is 0.346. The third-order valence-electron chi connectivity index (χ3n) is 3.43. The second-order valence-corrected chi connectivity index (χ2v) is 5.73. The fraction of sp³-hybridized carbons (Fsp3) is 0.294. The highest BCUT2D eigenvalue weighted by Gasteiger charge is 2.13. The first-order valence-corrected chi connectivity index (χ1v) is 7.56. The average molecular weight is 318 g/mol. The van der Waals surface area contributed by atoms with E-state index in [1.807, 2.05) is 0 Å². The van der Waals surface area contributed by atoms with Crippen LogP contribution in [0.2, 0.25) is 0 Å². The fourth-order valence-electron chi connectivity index (χ4n) is 2.28. The van der Waals surface area contributed by atoms with Crippen molar-refractivity contribution < 1.29 is 0 Å². The number of halogens is 1. The average Bonchev–Trinajstić information content (AvgIpc) is 2.46. The van der Waals surface area contributed by atoms with Crippen LogP contribution in [-0.2, 0) is 0 Å². The third-order valence-corrected chi connectivity index (χ3v) is 3.96. The highest BCUT2D eigenvalue weighted by atomic mass is 79.9. The molecule has 0 saturated heterocycles. The van der Waals surface area contributed by atoms with E-state index in [1.54, 1.807) is 0 Å². The lowest BCUT2D eigenvalue weighted by atomic mass is 10.0. The predicted octanol–water partition coefficient (Wildman–Crippen LogP) is 5.25. The Labute approximate surface area is 124 Å². The molecule has 0 fully saturated rings. The van der Waals surface area contributed by atoms with Gasteiger partial charge >= 0.3 is 0 Å². The molecule has 2 heteroatoms. The zero-order chi connectivity index (χ0) is 13.7. The van der Waals surface area contributed by atoms with Gasteiger partial charge in [0.05, 0.1) is 0 Å². The first-order chi connectivity index (χ1) is 9.20. The maximum absolute atomic E-state index is 3.70. The van der Waals surface area contributed by atoms with Crippen LogP contribution in [0.15, 0.2) is 59.1 Å². The largest absolute Gasteiger partial charge is 0.303 e. The maximum atomic E-state index is 3.70. The lowest BCUT2D eigenvalue weighted by molar-refractivity contribution is 0.456. The lowest BCUT2D eigenvalue weighted by Gasteiger charge is -2.23. The van der Waals surface area contributed by atoms with Gasteiger partial charge in [-0.2, -0.15) is 0 Å². The third kappa shape index (κ3) is 3.92. The van der Waals surface area contributed by atoms with Crippen LogP contribution in [0.1, 0.15) is 43.5 Å². The van der Waals surface area contributed by atoms with Crippen LogP contribution >= 0.6 is 15.9 Å². The summed E-state index contributed by atoms with van der Waals surface area (Å²) in [7, 11) is 0. The monoisotopic (exact) mass is 317 g/mol. The molecule has 0 saturated carbocycles. The van der Waals surface area contributed by atoms with Crippen LogP contribution in [-0.4, -0.2) is 0 Å². The lowest BCUT2D eigenvalue weighted by Crippen LogP contribution is -2.24. The molecule has 2 aromatic carbocycles. The van der Waals surface area contributed by atoms with E-state index < -0.39 is 0 Å². The molecule has 2 atom stereocenters. The molecule has 19 heavy (non-hydrogen) atoms. The molecule has 1 nitrogen and oxygen atoms in total. The van der Waals surface area contributed by atoms with Crippen LogP contribution in [0.25, 0.3) is 0 Å². The molecule has 0 spiro atoms. The molecule has 2 aromatic rings. The summed E-state index contributed by atoms with van der Waals surface area (Å²) in [6.07, 6.45) is 1.09. The van der Waals surface area contributed by atoms with Crippen molar-refractivity contribution in [3.05, 3.63) is 70.2 Å². The van der Waals surface area contributed by atoms with Crippen LogP contribution < -0.4 is 5.32 Å². The molecule has 0 aliphatic rings. The minimum absolute atomic E-state index is 0.346. The normalized spacial score (nSPS) is 14.1. The van der Waals surface area contributed by atoms with Gasteiger partial charge in [0.25, 0.3) is 0 Å². The van der Waals surface area contributed by atoms with Gasteiger partial charge in [-0.05, 0) is 36.6 Å². The molecule has 0 aliphatic heterocycles. The Morgan fingerprint density at radius 3 is 2.16 bits per heavy atom. The molecule has 0 radical (unpaired) electrons. The molecule has 0 amide bonds. The van der Waals surface area contributed by atoms with Gasteiger partial charge in [0.2, 0.25) is 0 Å². The number of benzene rings is 2. The van der Waals surface area contributed by atoms with Crippen LogP contribution in [0.4, 0.5) is 0 Å². The quantitative estimate of drug-likeness (QED) is 0.794. The van der Waals surface area contributed by atoms with Crippen molar-refractivity contribution in [3.63, 3.8) is 0 Å². The molecule has 100 valence electrons. The van der Waals surface area contributed by atoms with Crippen molar-refractivity contribution in [1.82, 2.24) is 5.32 Å². The van der Waals surface area contributed by atoms with Gasteiger partial charge in [0.15, 0.2) is 0 Å². The van der Waals surface area contributed by atoms with Crippen molar-refractivity contribution in [3.8, 4) is 0 Å². The Morgan fingerprint density at radius 1 is 0.947 bits per heavy atom. The molecular weight excluding hydrogens is 298 g/mol. The van der Waals surface area contributed by atoms with Crippen molar-refractivity contribution in [2.45, 2.75) is 32.4 Å². The van der Waals surface area contributed by atoms with Gasteiger partial charge in [0, 0.05) is 16.6 Å². The van der Waals surface area contributed by atoms with E-state index in [2.05, 4.69) is 89.7 Å². The summed E-state index contributed by atoms with van der Waals surface area (Å²) in [4.78, 5) is 0. The first kappa shape index (κ1) is 14.3. The van der Waals surface area contributed by atoms with Gasteiger partial charge in [-0.3, -0.25) is 0 Å². The molecule has 0 aromatic heterocycles. The van der Waals surface area contributed by atoms with E-state index in [9.17, 15) is 0 Å². The number of rotatable bonds is 5. The van der Waals surface area contributed by atoms with Gasteiger partial charge in [-0.1, -0.05) is 65.3 Å². The Morgan fingerprint density at radius 2 is 1.58 bits per heavy atom. The van der Waals surface area contributed by atoms with E-state index in [0.29, 0.717) is 12.1 Å². The fourth-order valence-corrected chi connectivity index (χ4v) is 2.55. The highest BCUT2D eigenvalue weighted by molar-refractivity contribution is 9.10. The SMILES string of the molecule is CCC(N[C@@H](C)c1ccc(Br)cc1)c1ccccc1. The van der Waals surface area contributed by atoms with E-state index >= 15 is 0 Å². The Bertz CT molecular complexity index is 492. The second-order valence-electron chi connectivity index (χ2n) is 4.81. The zero-order valence-corrected chi connectivity index (χ0v) is 13.0. The summed E-state index contributed by atoms with van der Waals surface area (Å²) in [6.45, 7) is 4.44. The highest BCUT2D eigenvalue weighted by Crippen LogP contribution is 2.23. The van der Waals surface area contributed by atoms with Crippen LogP contribution in [0, 0.1) is 0 Å². The van der Waals surface area contributed by atoms with Gasteiger partial charge in [-0.25, -0.2) is 0 Å². The topological polar surface area (TPSA) is 12.0 Å². The smallest absolute Gasteiger partial charge is 0.0323 e. The van der Waals surface area contributed by atoms with Crippen molar-refractivity contribution in [2.24, 2.45) is 0 Å². The molecule has 1 N–H and O–H groups in total. The number of hydrogen-bond acceptors (Lipinski definition) is 1. The minimum Gasteiger partial charge on any atom is -0.303 e. The van der Waals surface area contributed by atoms with Gasteiger partial charge in [-0.15, -0.1) is 0 Å². The first-order valence-electron chi connectivity index (χ1n) is 6.77. The molecule has 0 heterocycles. The molecule has 2 rings (SSSR count). The Hall–Kier alpha value is -1.12. The van der Waals surface area contributed by atoms with Crippen molar-refractivity contribution in [2.75, 3.05) is 0 Å².